The predicted octanol–water partition coefficient (Wildman–Crippen LogP) is 1.65. The average molecular weight is 225 g/mol. The third-order valence-corrected chi connectivity index (χ3v) is 4.06. The number of nitrogens with zero attached hydrogens (tertiary/aromatic N) is 1. The van der Waals surface area contributed by atoms with Gasteiger partial charge in [0.05, 0.1) is 0 Å². The molecule has 0 radical (unpaired) electrons. The number of hydrogen-bond donors (Lipinski definition) is 1. The Hall–Kier alpha value is -0.570. The van der Waals surface area contributed by atoms with Crippen LogP contribution in [0.5, 0.6) is 0 Å². The zero-order valence-electron chi connectivity index (χ0n) is 10.4. The largest absolute Gasteiger partial charge is 0.396 e. The first kappa shape index (κ1) is 11.9. The van der Waals surface area contributed by atoms with Crippen LogP contribution in [0.2, 0.25) is 0 Å². The van der Waals surface area contributed by atoms with E-state index in [-0.39, 0.29) is 18.6 Å². The van der Waals surface area contributed by atoms with E-state index in [1.165, 1.54) is 6.42 Å². The Morgan fingerprint density at radius 3 is 2.44 bits per heavy atom. The molecule has 0 aromatic carbocycles. The number of hydrogen-bond acceptors (Lipinski definition) is 2. The fourth-order valence-electron chi connectivity index (χ4n) is 3.01. The smallest absolute Gasteiger partial charge is 0.225 e. The van der Waals surface area contributed by atoms with Crippen molar-refractivity contribution in [3.8, 4) is 0 Å². The Labute approximate surface area is 97.8 Å². The minimum Gasteiger partial charge on any atom is -0.396 e. The SMILES string of the molecule is CC(C)N(CCCO)C(=O)C1CC2CC2C1. The minimum absolute atomic E-state index is 0.173. The van der Waals surface area contributed by atoms with E-state index in [1.54, 1.807) is 0 Å². The van der Waals surface area contributed by atoms with Crippen molar-refractivity contribution in [2.45, 2.75) is 45.6 Å². The van der Waals surface area contributed by atoms with Gasteiger partial charge in [-0.05, 0) is 51.4 Å². The van der Waals surface area contributed by atoms with E-state index in [0.717, 1.165) is 24.7 Å². The molecular weight excluding hydrogens is 202 g/mol. The number of rotatable bonds is 5. The van der Waals surface area contributed by atoms with Gasteiger partial charge in [-0.15, -0.1) is 0 Å². The molecule has 2 aliphatic rings. The highest BCUT2D eigenvalue weighted by molar-refractivity contribution is 5.79. The lowest BCUT2D eigenvalue weighted by Crippen LogP contribution is -2.41. The van der Waals surface area contributed by atoms with E-state index in [9.17, 15) is 4.79 Å². The molecule has 0 saturated heterocycles. The van der Waals surface area contributed by atoms with Crippen molar-refractivity contribution in [1.82, 2.24) is 4.90 Å². The Bertz CT molecular complexity index is 255. The summed E-state index contributed by atoms with van der Waals surface area (Å²) >= 11 is 0. The normalized spacial score (nSPS) is 31.6. The molecule has 16 heavy (non-hydrogen) atoms. The van der Waals surface area contributed by atoms with Crippen molar-refractivity contribution in [2.75, 3.05) is 13.2 Å². The lowest BCUT2D eigenvalue weighted by atomic mass is 10.0. The highest BCUT2D eigenvalue weighted by Gasteiger charge is 2.48. The molecule has 3 heteroatoms. The van der Waals surface area contributed by atoms with Crippen LogP contribution in [0.25, 0.3) is 0 Å². The molecule has 2 rings (SSSR count). The molecule has 3 nitrogen and oxygen atoms in total. The standard InChI is InChI=1S/C13H23NO2/c1-9(2)14(4-3-5-15)13(16)12-7-10-6-11(10)8-12/h9-12,15H,3-8H2,1-2H3. The first-order valence-electron chi connectivity index (χ1n) is 6.54. The first-order chi connectivity index (χ1) is 7.63. The summed E-state index contributed by atoms with van der Waals surface area (Å²) in [5.41, 5.74) is 0. The number of carbonyl (C=O) groups is 1. The molecule has 2 unspecified atom stereocenters. The molecule has 1 N–H and O–H groups in total. The number of carbonyl (C=O) groups excluding carboxylic acids is 1. The van der Waals surface area contributed by atoms with E-state index in [4.69, 9.17) is 5.11 Å². The number of aliphatic hydroxyl groups is 1. The van der Waals surface area contributed by atoms with Crippen molar-refractivity contribution >= 4 is 5.91 Å². The molecule has 2 saturated carbocycles. The molecule has 0 heterocycles. The average Bonchev–Trinajstić information content (AvgIpc) is 2.85. The molecule has 2 fully saturated rings. The molecular formula is C13H23NO2. The summed E-state index contributed by atoms with van der Waals surface area (Å²) in [7, 11) is 0. The second-order valence-electron chi connectivity index (χ2n) is 5.63. The topological polar surface area (TPSA) is 40.5 Å². The van der Waals surface area contributed by atoms with Crippen LogP contribution in [0, 0.1) is 17.8 Å². The summed E-state index contributed by atoms with van der Waals surface area (Å²) in [6.07, 6.45) is 4.29. The van der Waals surface area contributed by atoms with E-state index in [2.05, 4.69) is 13.8 Å². The van der Waals surface area contributed by atoms with Crippen molar-refractivity contribution in [1.29, 1.82) is 0 Å². The van der Waals surface area contributed by atoms with Gasteiger partial charge in [-0.3, -0.25) is 4.79 Å². The molecule has 0 bridgehead atoms. The summed E-state index contributed by atoms with van der Waals surface area (Å²) in [6, 6.07) is 0.260. The predicted molar refractivity (Wildman–Crippen MR) is 62.9 cm³/mol. The van der Waals surface area contributed by atoms with Gasteiger partial charge in [-0.25, -0.2) is 0 Å². The minimum atomic E-state index is 0.173. The van der Waals surface area contributed by atoms with E-state index in [0.29, 0.717) is 18.9 Å². The highest BCUT2D eigenvalue weighted by Crippen LogP contribution is 2.54. The van der Waals surface area contributed by atoms with E-state index >= 15 is 0 Å². The molecule has 0 aromatic rings. The van der Waals surface area contributed by atoms with Crippen LogP contribution in [0.4, 0.5) is 0 Å². The van der Waals surface area contributed by atoms with Crippen LogP contribution in [0.1, 0.15) is 39.5 Å². The lowest BCUT2D eigenvalue weighted by molar-refractivity contribution is -0.137. The van der Waals surface area contributed by atoms with Gasteiger partial charge in [0, 0.05) is 25.1 Å². The molecule has 0 spiro atoms. The molecule has 2 atom stereocenters. The summed E-state index contributed by atoms with van der Waals surface area (Å²) in [5, 5.41) is 8.86. The maximum atomic E-state index is 12.3. The Morgan fingerprint density at radius 2 is 1.94 bits per heavy atom. The van der Waals surface area contributed by atoms with E-state index < -0.39 is 0 Å². The Morgan fingerprint density at radius 1 is 1.31 bits per heavy atom. The lowest BCUT2D eigenvalue weighted by Gasteiger charge is -2.29. The van der Waals surface area contributed by atoms with Gasteiger partial charge >= 0.3 is 0 Å². The Kier molecular flexibility index (Phi) is 3.53. The van der Waals surface area contributed by atoms with Gasteiger partial charge in [0.1, 0.15) is 0 Å². The number of amides is 1. The molecule has 0 aliphatic heterocycles. The van der Waals surface area contributed by atoms with Gasteiger partial charge in [-0.2, -0.15) is 0 Å². The van der Waals surface area contributed by atoms with Crippen LogP contribution in [-0.4, -0.2) is 35.1 Å². The van der Waals surface area contributed by atoms with Gasteiger partial charge in [0.2, 0.25) is 5.91 Å². The molecule has 0 aromatic heterocycles. The number of aliphatic hydroxyl groups excluding tert-OH is 1. The monoisotopic (exact) mass is 225 g/mol. The zero-order chi connectivity index (χ0) is 11.7. The summed E-state index contributed by atoms with van der Waals surface area (Å²) in [6.45, 7) is 5.00. The van der Waals surface area contributed by atoms with Gasteiger partial charge in [-0.1, -0.05) is 0 Å². The van der Waals surface area contributed by atoms with Crippen molar-refractivity contribution in [3.05, 3.63) is 0 Å². The molecule has 92 valence electrons. The second-order valence-corrected chi connectivity index (χ2v) is 5.63. The van der Waals surface area contributed by atoms with Crippen molar-refractivity contribution in [3.63, 3.8) is 0 Å². The fraction of sp³-hybridized carbons (Fsp3) is 0.923. The van der Waals surface area contributed by atoms with Crippen LogP contribution in [0.15, 0.2) is 0 Å². The first-order valence-corrected chi connectivity index (χ1v) is 6.54. The summed E-state index contributed by atoms with van der Waals surface area (Å²) < 4.78 is 0. The van der Waals surface area contributed by atoms with Gasteiger partial charge < -0.3 is 10.0 Å². The zero-order valence-corrected chi connectivity index (χ0v) is 10.4. The quantitative estimate of drug-likeness (QED) is 0.773. The van der Waals surface area contributed by atoms with Crippen molar-refractivity contribution < 1.29 is 9.90 Å². The molecule has 2 aliphatic carbocycles. The van der Waals surface area contributed by atoms with Crippen LogP contribution in [-0.2, 0) is 4.79 Å². The highest BCUT2D eigenvalue weighted by atomic mass is 16.3. The summed E-state index contributed by atoms with van der Waals surface area (Å²) in [5.74, 6) is 2.34. The third-order valence-electron chi connectivity index (χ3n) is 4.06. The van der Waals surface area contributed by atoms with Crippen molar-refractivity contribution in [2.24, 2.45) is 17.8 Å². The number of fused-ring (bicyclic) bond motifs is 1. The van der Waals surface area contributed by atoms with Gasteiger partial charge in [0.15, 0.2) is 0 Å². The Balaban J connectivity index is 1.88. The summed E-state index contributed by atoms with van der Waals surface area (Å²) in [4.78, 5) is 14.3. The molecule has 1 amide bonds. The van der Waals surface area contributed by atoms with Gasteiger partial charge in [0.25, 0.3) is 0 Å². The fourth-order valence-corrected chi connectivity index (χ4v) is 3.01. The van der Waals surface area contributed by atoms with Crippen LogP contribution < -0.4 is 0 Å². The third kappa shape index (κ3) is 2.40. The maximum absolute atomic E-state index is 12.3. The van der Waals surface area contributed by atoms with E-state index in [1.807, 2.05) is 4.90 Å². The second kappa shape index (κ2) is 4.74. The maximum Gasteiger partial charge on any atom is 0.225 e. The van der Waals surface area contributed by atoms with Crippen LogP contribution in [0.3, 0.4) is 0 Å². The van der Waals surface area contributed by atoms with Crippen LogP contribution >= 0.6 is 0 Å².